The molecule has 0 saturated carbocycles. The fourth-order valence-corrected chi connectivity index (χ4v) is 1.30. The second-order valence-corrected chi connectivity index (χ2v) is 4.00. The molecule has 1 aromatic rings. The zero-order valence-electron chi connectivity index (χ0n) is 6.13. The zero-order valence-corrected chi connectivity index (χ0v) is 9.04. The summed E-state index contributed by atoms with van der Waals surface area (Å²) in [4.78, 5) is 10.7. The average molecular weight is 296 g/mol. The van der Waals surface area contributed by atoms with Crippen LogP contribution in [0.1, 0.15) is 10.9 Å². The molecule has 1 aromatic carbocycles. The van der Waals surface area contributed by atoms with Crippen molar-refractivity contribution in [3.63, 3.8) is 0 Å². The molecule has 1 rings (SSSR count). The van der Waals surface area contributed by atoms with Gasteiger partial charge in [0.05, 0.1) is 0 Å². The zero-order chi connectivity index (χ0) is 9.14. The molecular weight excluding hydrogens is 288 g/mol. The lowest BCUT2D eigenvalue weighted by Gasteiger charge is -2.04. The van der Waals surface area contributed by atoms with Crippen LogP contribution in [0.25, 0.3) is 0 Å². The van der Waals surface area contributed by atoms with Crippen molar-refractivity contribution in [3.05, 3.63) is 33.4 Å². The van der Waals surface area contributed by atoms with Crippen LogP contribution in [-0.2, 0) is 4.79 Å². The minimum absolute atomic E-state index is 0.516. The van der Waals surface area contributed by atoms with E-state index < -0.39 is 11.3 Å². The Hall–Kier alpha value is -0.290. The predicted molar refractivity (Wildman–Crippen MR) is 56.9 cm³/mol. The number of nitrogens with two attached hydrogens (primary N) is 1. The molecule has 0 heterocycles. The number of halogens is 2. The van der Waals surface area contributed by atoms with Crippen molar-refractivity contribution < 1.29 is 4.79 Å². The van der Waals surface area contributed by atoms with Gasteiger partial charge < -0.3 is 5.73 Å². The van der Waals surface area contributed by atoms with Gasteiger partial charge in [-0.1, -0.05) is 12.1 Å². The molecule has 0 aliphatic heterocycles. The monoisotopic (exact) mass is 295 g/mol. The van der Waals surface area contributed by atoms with Crippen LogP contribution in [0.4, 0.5) is 0 Å². The SMILES string of the molecule is NC(=O)C(Cl)c1ccc(I)cc1. The second kappa shape index (κ2) is 4.09. The summed E-state index contributed by atoms with van der Waals surface area (Å²) < 4.78 is 1.10. The average Bonchev–Trinajstić information content (AvgIpc) is 2.04. The maximum atomic E-state index is 10.7. The van der Waals surface area contributed by atoms with Gasteiger partial charge in [0.25, 0.3) is 0 Å². The normalized spacial score (nSPS) is 12.5. The van der Waals surface area contributed by atoms with Crippen LogP contribution >= 0.6 is 34.2 Å². The predicted octanol–water partition coefficient (Wildman–Crippen LogP) is 2.06. The first-order valence-electron chi connectivity index (χ1n) is 3.30. The largest absolute Gasteiger partial charge is 0.368 e. The van der Waals surface area contributed by atoms with Crippen molar-refractivity contribution in [1.82, 2.24) is 0 Å². The van der Waals surface area contributed by atoms with Crippen molar-refractivity contribution in [1.29, 1.82) is 0 Å². The fraction of sp³-hybridized carbons (Fsp3) is 0.125. The van der Waals surface area contributed by atoms with Crippen molar-refractivity contribution in [2.24, 2.45) is 5.73 Å². The number of amides is 1. The Morgan fingerprint density at radius 3 is 2.33 bits per heavy atom. The molecule has 0 aromatic heterocycles. The Kier molecular flexibility index (Phi) is 3.34. The highest BCUT2D eigenvalue weighted by molar-refractivity contribution is 14.1. The minimum atomic E-state index is -0.720. The molecule has 0 fully saturated rings. The van der Waals surface area contributed by atoms with E-state index in [0.29, 0.717) is 0 Å². The van der Waals surface area contributed by atoms with Crippen LogP contribution in [0.3, 0.4) is 0 Å². The molecule has 1 amide bonds. The Balaban J connectivity index is 2.89. The summed E-state index contributed by atoms with van der Waals surface area (Å²) in [5.41, 5.74) is 5.77. The molecule has 2 N–H and O–H groups in total. The number of carbonyl (C=O) groups is 1. The molecule has 0 aliphatic rings. The Morgan fingerprint density at radius 1 is 1.42 bits per heavy atom. The molecular formula is C8H7ClINO. The third kappa shape index (κ3) is 2.35. The second-order valence-electron chi connectivity index (χ2n) is 2.32. The van der Waals surface area contributed by atoms with Gasteiger partial charge >= 0.3 is 0 Å². The van der Waals surface area contributed by atoms with Crippen molar-refractivity contribution in [2.75, 3.05) is 0 Å². The van der Waals surface area contributed by atoms with Crippen molar-refractivity contribution >= 4 is 40.1 Å². The molecule has 1 unspecified atom stereocenters. The lowest BCUT2D eigenvalue weighted by atomic mass is 10.1. The van der Waals surface area contributed by atoms with Gasteiger partial charge in [-0.3, -0.25) is 4.79 Å². The van der Waals surface area contributed by atoms with Gasteiger partial charge in [-0.15, -0.1) is 11.6 Å². The van der Waals surface area contributed by atoms with Crippen LogP contribution in [0, 0.1) is 3.57 Å². The number of rotatable bonds is 2. The van der Waals surface area contributed by atoms with Crippen molar-refractivity contribution in [3.8, 4) is 0 Å². The van der Waals surface area contributed by atoms with Gasteiger partial charge in [0.15, 0.2) is 0 Å². The molecule has 0 saturated heterocycles. The van der Waals surface area contributed by atoms with Gasteiger partial charge in [-0.25, -0.2) is 0 Å². The van der Waals surface area contributed by atoms with Gasteiger partial charge in [0.1, 0.15) is 5.38 Å². The number of alkyl halides is 1. The van der Waals surface area contributed by atoms with E-state index in [9.17, 15) is 4.79 Å². The highest BCUT2D eigenvalue weighted by Crippen LogP contribution is 2.20. The summed E-state index contributed by atoms with van der Waals surface area (Å²) in [5.74, 6) is -0.516. The van der Waals surface area contributed by atoms with E-state index in [1.807, 2.05) is 12.1 Å². The van der Waals surface area contributed by atoms with Crippen LogP contribution < -0.4 is 5.73 Å². The van der Waals surface area contributed by atoms with E-state index in [1.54, 1.807) is 12.1 Å². The molecule has 0 spiro atoms. The third-order valence-corrected chi connectivity index (χ3v) is 2.60. The molecule has 12 heavy (non-hydrogen) atoms. The molecule has 2 nitrogen and oxygen atoms in total. The number of hydrogen-bond acceptors (Lipinski definition) is 1. The van der Waals surface area contributed by atoms with Gasteiger partial charge in [0, 0.05) is 3.57 Å². The highest BCUT2D eigenvalue weighted by Gasteiger charge is 2.12. The Labute approximate surface area is 89.2 Å². The number of carbonyl (C=O) groups excluding carboxylic acids is 1. The number of primary amides is 1. The van der Waals surface area contributed by atoms with E-state index in [4.69, 9.17) is 17.3 Å². The van der Waals surface area contributed by atoms with Gasteiger partial charge in [-0.2, -0.15) is 0 Å². The van der Waals surface area contributed by atoms with E-state index in [1.165, 1.54) is 0 Å². The highest BCUT2D eigenvalue weighted by atomic mass is 127. The van der Waals surface area contributed by atoms with Crippen LogP contribution in [0.2, 0.25) is 0 Å². The van der Waals surface area contributed by atoms with Crippen LogP contribution in [0.15, 0.2) is 24.3 Å². The first-order chi connectivity index (χ1) is 5.61. The van der Waals surface area contributed by atoms with E-state index in [-0.39, 0.29) is 0 Å². The summed E-state index contributed by atoms with van der Waals surface area (Å²) >= 11 is 7.89. The molecule has 64 valence electrons. The molecule has 0 aliphatic carbocycles. The van der Waals surface area contributed by atoms with E-state index >= 15 is 0 Å². The van der Waals surface area contributed by atoms with Crippen LogP contribution in [0.5, 0.6) is 0 Å². The molecule has 1 atom stereocenters. The summed E-state index contributed by atoms with van der Waals surface area (Å²) in [7, 11) is 0. The molecule has 0 bridgehead atoms. The standard InChI is InChI=1S/C8H7ClINO/c9-7(8(11)12)5-1-3-6(10)4-2-5/h1-4,7H,(H2,11,12). The summed E-state index contributed by atoms with van der Waals surface area (Å²) in [5, 5.41) is -0.720. The third-order valence-electron chi connectivity index (χ3n) is 1.41. The molecule has 4 heteroatoms. The first-order valence-corrected chi connectivity index (χ1v) is 4.81. The summed E-state index contributed by atoms with van der Waals surface area (Å²) in [6.45, 7) is 0. The van der Waals surface area contributed by atoms with Crippen LogP contribution in [-0.4, -0.2) is 5.91 Å². The number of hydrogen-bond donors (Lipinski definition) is 1. The fourth-order valence-electron chi connectivity index (χ4n) is 0.796. The minimum Gasteiger partial charge on any atom is -0.368 e. The Bertz CT molecular complexity index is 286. The quantitative estimate of drug-likeness (QED) is 0.658. The first kappa shape index (κ1) is 9.80. The maximum Gasteiger partial charge on any atom is 0.240 e. The molecule has 0 radical (unpaired) electrons. The summed E-state index contributed by atoms with van der Waals surface area (Å²) in [6.07, 6.45) is 0. The topological polar surface area (TPSA) is 43.1 Å². The van der Waals surface area contributed by atoms with E-state index in [2.05, 4.69) is 22.6 Å². The lowest BCUT2D eigenvalue weighted by Crippen LogP contribution is -2.16. The smallest absolute Gasteiger partial charge is 0.240 e. The van der Waals surface area contributed by atoms with E-state index in [0.717, 1.165) is 9.13 Å². The van der Waals surface area contributed by atoms with Gasteiger partial charge in [0.2, 0.25) is 5.91 Å². The number of benzene rings is 1. The Morgan fingerprint density at radius 2 is 1.92 bits per heavy atom. The van der Waals surface area contributed by atoms with Crippen molar-refractivity contribution in [2.45, 2.75) is 5.38 Å². The summed E-state index contributed by atoms with van der Waals surface area (Å²) in [6, 6.07) is 7.36. The maximum absolute atomic E-state index is 10.7. The lowest BCUT2D eigenvalue weighted by molar-refractivity contribution is -0.117. The van der Waals surface area contributed by atoms with Gasteiger partial charge in [-0.05, 0) is 40.3 Å².